The summed E-state index contributed by atoms with van der Waals surface area (Å²) in [6.07, 6.45) is -0.277. The summed E-state index contributed by atoms with van der Waals surface area (Å²) in [4.78, 5) is 21.5. The quantitative estimate of drug-likeness (QED) is 0.614. The Kier molecular flexibility index (Phi) is 5.79. The molecule has 1 aliphatic rings. The molecule has 1 saturated heterocycles. The summed E-state index contributed by atoms with van der Waals surface area (Å²) >= 11 is 0. The standard InChI is InChI=1S/C25H29N5O2/c1-18-16-28(24(31)32-25(2,3)4)13-14-29(18)23-27-21-11-7-8-12-22(21)30(23)17-20-10-6-5-9-19(20)15-26/h5-12,18H,13-14,16-17H2,1-4H3. The van der Waals surface area contributed by atoms with Crippen LogP contribution in [0.15, 0.2) is 48.5 Å². The number of benzene rings is 2. The van der Waals surface area contributed by atoms with Gasteiger partial charge in [-0.15, -0.1) is 0 Å². The minimum atomic E-state index is -0.514. The van der Waals surface area contributed by atoms with Gasteiger partial charge in [-0.3, -0.25) is 0 Å². The van der Waals surface area contributed by atoms with Gasteiger partial charge in [0.1, 0.15) is 5.60 Å². The fourth-order valence-corrected chi connectivity index (χ4v) is 4.12. The van der Waals surface area contributed by atoms with Crippen LogP contribution >= 0.6 is 0 Å². The molecule has 0 N–H and O–H groups in total. The lowest BCUT2D eigenvalue weighted by molar-refractivity contribution is 0.0218. The Morgan fingerprint density at radius 2 is 1.88 bits per heavy atom. The molecule has 1 amide bonds. The van der Waals surface area contributed by atoms with Gasteiger partial charge in [-0.1, -0.05) is 30.3 Å². The highest BCUT2D eigenvalue weighted by atomic mass is 16.6. The number of carbonyl (C=O) groups excluding carboxylic acids is 1. The Bertz CT molecular complexity index is 1170. The van der Waals surface area contributed by atoms with E-state index in [1.165, 1.54) is 0 Å². The van der Waals surface area contributed by atoms with Gasteiger partial charge < -0.3 is 19.1 Å². The van der Waals surface area contributed by atoms with E-state index < -0.39 is 5.60 Å². The van der Waals surface area contributed by atoms with Crippen LogP contribution in [0.2, 0.25) is 0 Å². The van der Waals surface area contributed by atoms with Gasteiger partial charge in [0.2, 0.25) is 5.95 Å². The smallest absolute Gasteiger partial charge is 0.410 e. The molecule has 0 bridgehead atoms. The number of imidazole rings is 1. The van der Waals surface area contributed by atoms with Crippen LogP contribution in [0, 0.1) is 11.3 Å². The van der Waals surface area contributed by atoms with Gasteiger partial charge in [0, 0.05) is 25.7 Å². The topological polar surface area (TPSA) is 74.4 Å². The molecule has 0 aliphatic carbocycles. The molecule has 2 heterocycles. The summed E-state index contributed by atoms with van der Waals surface area (Å²) < 4.78 is 7.73. The molecular weight excluding hydrogens is 402 g/mol. The Morgan fingerprint density at radius 3 is 2.59 bits per heavy atom. The molecule has 2 aromatic carbocycles. The number of ether oxygens (including phenoxy) is 1. The van der Waals surface area contributed by atoms with E-state index in [1.807, 2.05) is 63.2 Å². The molecule has 1 aliphatic heterocycles. The minimum absolute atomic E-state index is 0.0676. The minimum Gasteiger partial charge on any atom is -0.444 e. The molecule has 0 spiro atoms. The first-order valence-electron chi connectivity index (χ1n) is 10.9. The number of hydrogen-bond donors (Lipinski definition) is 0. The fourth-order valence-electron chi connectivity index (χ4n) is 4.12. The van der Waals surface area contributed by atoms with E-state index in [-0.39, 0.29) is 12.1 Å². The van der Waals surface area contributed by atoms with E-state index in [4.69, 9.17) is 9.72 Å². The number of nitriles is 1. The van der Waals surface area contributed by atoms with Crippen LogP contribution in [-0.2, 0) is 11.3 Å². The molecule has 166 valence electrons. The molecule has 4 rings (SSSR count). The van der Waals surface area contributed by atoms with Crippen LogP contribution in [0.25, 0.3) is 11.0 Å². The Hall–Kier alpha value is -3.53. The first-order valence-corrected chi connectivity index (χ1v) is 10.9. The summed E-state index contributed by atoms with van der Waals surface area (Å²) in [5.41, 5.74) is 3.05. The normalized spacial score (nSPS) is 16.8. The number of amides is 1. The number of rotatable bonds is 3. The van der Waals surface area contributed by atoms with Gasteiger partial charge in [-0.05, 0) is 51.5 Å². The lowest BCUT2D eigenvalue weighted by Gasteiger charge is -2.40. The second kappa shape index (κ2) is 8.54. The van der Waals surface area contributed by atoms with Crippen molar-refractivity contribution < 1.29 is 9.53 Å². The van der Waals surface area contributed by atoms with Crippen LogP contribution in [0.1, 0.15) is 38.8 Å². The van der Waals surface area contributed by atoms with Crippen molar-refractivity contribution in [2.24, 2.45) is 0 Å². The largest absolute Gasteiger partial charge is 0.444 e. The first kappa shape index (κ1) is 21.7. The molecule has 7 nitrogen and oxygen atoms in total. The second-order valence-corrected chi connectivity index (χ2v) is 9.22. The predicted molar refractivity (Wildman–Crippen MR) is 125 cm³/mol. The molecule has 0 radical (unpaired) electrons. The van der Waals surface area contributed by atoms with Crippen molar-refractivity contribution in [1.82, 2.24) is 14.5 Å². The summed E-state index contributed by atoms with van der Waals surface area (Å²) in [5.74, 6) is 0.857. The lowest BCUT2D eigenvalue weighted by atomic mass is 10.1. The van der Waals surface area contributed by atoms with E-state index in [0.717, 1.165) is 22.5 Å². The van der Waals surface area contributed by atoms with Crippen molar-refractivity contribution in [2.45, 2.75) is 45.9 Å². The molecule has 1 unspecified atom stereocenters. The highest BCUT2D eigenvalue weighted by Gasteiger charge is 2.32. The van der Waals surface area contributed by atoms with Crippen LogP contribution in [0.5, 0.6) is 0 Å². The maximum Gasteiger partial charge on any atom is 0.410 e. The van der Waals surface area contributed by atoms with Crippen LogP contribution in [-0.4, -0.2) is 51.8 Å². The maximum atomic E-state index is 12.6. The number of aromatic nitrogens is 2. The van der Waals surface area contributed by atoms with Crippen molar-refractivity contribution in [3.8, 4) is 6.07 Å². The Labute approximate surface area is 188 Å². The van der Waals surface area contributed by atoms with E-state index in [2.05, 4.69) is 28.5 Å². The van der Waals surface area contributed by atoms with Gasteiger partial charge in [-0.2, -0.15) is 5.26 Å². The highest BCUT2D eigenvalue weighted by Crippen LogP contribution is 2.28. The summed E-state index contributed by atoms with van der Waals surface area (Å²) in [6.45, 7) is 10.1. The first-order chi connectivity index (χ1) is 15.3. The lowest BCUT2D eigenvalue weighted by Crippen LogP contribution is -2.55. The van der Waals surface area contributed by atoms with E-state index in [0.29, 0.717) is 31.7 Å². The van der Waals surface area contributed by atoms with Crippen molar-refractivity contribution in [1.29, 1.82) is 5.26 Å². The summed E-state index contributed by atoms with van der Waals surface area (Å²) in [7, 11) is 0. The molecule has 7 heteroatoms. The zero-order valence-electron chi connectivity index (χ0n) is 19.1. The second-order valence-electron chi connectivity index (χ2n) is 9.22. The van der Waals surface area contributed by atoms with Crippen LogP contribution < -0.4 is 4.90 Å². The Balaban J connectivity index is 1.64. The monoisotopic (exact) mass is 431 g/mol. The molecule has 1 atom stereocenters. The third kappa shape index (κ3) is 4.40. The number of hydrogen-bond acceptors (Lipinski definition) is 5. The number of nitrogens with zero attached hydrogens (tertiary/aromatic N) is 5. The van der Waals surface area contributed by atoms with Crippen LogP contribution in [0.3, 0.4) is 0 Å². The third-order valence-corrected chi connectivity index (χ3v) is 5.64. The number of piperazine rings is 1. The average Bonchev–Trinajstić information content (AvgIpc) is 3.11. The summed E-state index contributed by atoms with van der Waals surface area (Å²) in [5, 5.41) is 9.55. The van der Waals surface area contributed by atoms with E-state index in [1.54, 1.807) is 4.90 Å². The fraction of sp³-hybridized carbons (Fsp3) is 0.400. The van der Waals surface area contributed by atoms with Crippen LogP contribution in [0.4, 0.5) is 10.7 Å². The zero-order chi connectivity index (χ0) is 22.9. The molecule has 32 heavy (non-hydrogen) atoms. The number of para-hydroxylation sites is 2. The van der Waals surface area contributed by atoms with Gasteiger partial charge in [0.15, 0.2) is 0 Å². The van der Waals surface area contributed by atoms with Gasteiger partial charge in [-0.25, -0.2) is 9.78 Å². The molecular formula is C25H29N5O2. The molecule has 1 fully saturated rings. The van der Waals surface area contributed by atoms with Gasteiger partial charge >= 0.3 is 6.09 Å². The predicted octanol–water partition coefficient (Wildman–Crippen LogP) is 4.40. The van der Waals surface area contributed by atoms with Crippen molar-refractivity contribution in [3.05, 3.63) is 59.7 Å². The molecule has 1 aromatic heterocycles. The molecule has 3 aromatic rings. The van der Waals surface area contributed by atoms with E-state index in [9.17, 15) is 10.1 Å². The third-order valence-electron chi connectivity index (χ3n) is 5.64. The average molecular weight is 432 g/mol. The van der Waals surface area contributed by atoms with Gasteiger partial charge in [0.25, 0.3) is 0 Å². The number of fused-ring (bicyclic) bond motifs is 1. The van der Waals surface area contributed by atoms with Crippen molar-refractivity contribution >= 4 is 23.1 Å². The van der Waals surface area contributed by atoms with Crippen molar-refractivity contribution in [3.63, 3.8) is 0 Å². The maximum absolute atomic E-state index is 12.6. The number of anilines is 1. The number of carbonyl (C=O) groups is 1. The SMILES string of the molecule is CC1CN(C(=O)OC(C)(C)C)CCN1c1nc2ccccc2n1Cc1ccccc1C#N. The summed E-state index contributed by atoms with van der Waals surface area (Å²) in [6, 6.07) is 18.1. The highest BCUT2D eigenvalue weighted by molar-refractivity contribution is 5.79. The van der Waals surface area contributed by atoms with Crippen molar-refractivity contribution in [2.75, 3.05) is 24.5 Å². The van der Waals surface area contributed by atoms with E-state index >= 15 is 0 Å². The molecule has 0 saturated carbocycles. The zero-order valence-corrected chi connectivity index (χ0v) is 19.1. The Morgan fingerprint density at radius 1 is 1.16 bits per heavy atom. The van der Waals surface area contributed by atoms with Gasteiger partial charge in [0.05, 0.1) is 29.2 Å².